The molecule has 0 aliphatic carbocycles. The largest absolute Gasteiger partial charge is 0.396 e. The molecule has 0 aromatic heterocycles. The third-order valence-corrected chi connectivity index (χ3v) is 4.06. The van der Waals surface area contributed by atoms with Gasteiger partial charge in [0.05, 0.1) is 6.10 Å². The van der Waals surface area contributed by atoms with Crippen molar-refractivity contribution in [2.75, 3.05) is 5.32 Å². The Morgan fingerprint density at radius 1 is 1.17 bits per heavy atom. The van der Waals surface area contributed by atoms with Gasteiger partial charge in [0.1, 0.15) is 0 Å². The molecule has 2 rings (SSSR count). The summed E-state index contributed by atoms with van der Waals surface area (Å²) >= 11 is 0. The number of carbonyl (C=O) groups is 1. The molecule has 24 heavy (non-hydrogen) atoms. The van der Waals surface area contributed by atoms with E-state index < -0.39 is 11.5 Å². The average Bonchev–Trinajstić information content (AvgIpc) is 2.49. The molecule has 0 saturated heterocycles. The fraction of sp³-hybridized carbons (Fsp3) is 0.350. The number of aryl methyl sites for hydroxylation is 1. The van der Waals surface area contributed by atoms with E-state index in [4.69, 9.17) is 0 Å². The average molecular weight is 494 g/mol. The van der Waals surface area contributed by atoms with Crippen molar-refractivity contribution in [3.8, 4) is 0 Å². The van der Waals surface area contributed by atoms with E-state index in [1.807, 2.05) is 52.8 Å². The number of hydrogen-bond donors (Lipinski definition) is 2. The zero-order chi connectivity index (χ0) is 17.2. The smallest absolute Gasteiger partial charge is 0.227 e. The van der Waals surface area contributed by atoms with Crippen LogP contribution in [0.1, 0.15) is 49.1 Å². The Bertz CT molecular complexity index is 720. The van der Waals surface area contributed by atoms with Crippen LogP contribution in [0.25, 0.3) is 0 Å². The van der Waals surface area contributed by atoms with Crippen LogP contribution in [0, 0.1) is 25.3 Å². The zero-order valence-electron chi connectivity index (χ0n) is 14.8. The summed E-state index contributed by atoms with van der Waals surface area (Å²) in [7, 11) is 0. The van der Waals surface area contributed by atoms with E-state index in [1.165, 1.54) is 0 Å². The van der Waals surface area contributed by atoms with E-state index in [9.17, 15) is 9.90 Å². The first kappa shape index (κ1) is 20.6. The van der Waals surface area contributed by atoms with E-state index in [0.717, 1.165) is 16.7 Å². The molecule has 0 radical (unpaired) electrons. The second kappa shape index (κ2) is 8.09. The first-order valence-electron chi connectivity index (χ1n) is 7.77. The van der Waals surface area contributed by atoms with Crippen LogP contribution in [0.2, 0.25) is 0 Å². The van der Waals surface area contributed by atoms with Gasteiger partial charge in [-0.2, -0.15) is 18.2 Å². The third-order valence-electron chi connectivity index (χ3n) is 4.06. The van der Waals surface area contributed by atoms with Crippen molar-refractivity contribution in [1.29, 1.82) is 0 Å². The summed E-state index contributed by atoms with van der Waals surface area (Å²) in [5, 5.41) is 13.7. The molecule has 3 nitrogen and oxygen atoms in total. The maximum Gasteiger partial charge on any atom is 0.227 e. The van der Waals surface area contributed by atoms with Gasteiger partial charge in [0, 0.05) is 26.5 Å². The molecule has 0 saturated carbocycles. The summed E-state index contributed by atoms with van der Waals surface area (Å²) in [4.78, 5) is 12.3. The first-order chi connectivity index (χ1) is 10.7. The summed E-state index contributed by atoms with van der Waals surface area (Å²) in [5.74, 6) is -0.0851. The van der Waals surface area contributed by atoms with Crippen molar-refractivity contribution in [3.63, 3.8) is 0 Å². The van der Waals surface area contributed by atoms with Crippen molar-refractivity contribution < 1.29 is 31.0 Å². The number of hydrogen-bond acceptors (Lipinski definition) is 2. The maximum absolute atomic E-state index is 12.3. The first-order valence-corrected chi connectivity index (χ1v) is 7.77. The molecular formula is C20H24NO2W-. The number of carbonyl (C=O) groups excluding carboxylic acids is 1. The maximum atomic E-state index is 12.3. The molecule has 1 unspecified atom stereocenters. The van der Waals surface area contributed by atoms with Crippen molar-refractivity contribution in [3.05, 3.63) is 64.7 Å². The molecule has 4 heteroatoms. The number of anilines is 1. The van der Waals surface area contributed by atoms with Crippen molar-refractivity contribution >= 4 is 11.6 Å². The van der Waals surface area contributed by atoms with Gasteiger partial charge < -0.3 is 10.4 Å². The van der Waals surface area contributed by atoms with Crippen LogP contribution in [-0.2, 0) is 25.9 Å². The van der Waals surface area contributed by atoms with Crippen molar-refractivity contribution in [2.24, 2.45) is 5.41 Å². The molecule has 2 N–H and O–H groups in total. The SMILES string of the molecule is Cc1cccc(C(O)c2c[c-]ccc2NC(=O)C(C)(C)C)c1C.[W]. The van der Waals surface area contributed by atoms with Crippen LogP contribution < -0.4 is 5.32 Å². The molecule has 0 heterocycles. The Balaban J connectivity index is 0.00000288. The molecule has 128 valence electrons. The Labute approximate surface area is 158 Å². The Kier molecular flexibility index (Phi) is 6.95. The minimum atomic E-state index is -0.803. The second-order valence-corrected chi connectivity index (χ2v) is 6.91. The molecule has 0 bridgehead atoms. The number of rotatable bonds is 3. The van der Waals surface area contributed by atoms with E-state index in [1.54, 1.807) is 18.2 Å². The predicted molar refractivity (Wildman–Crippen MR) is 93.3 cm³/mol. The number of benzene rings is 2. The van der Waals surface area contributed by atoms with Gasteiger partial charge in [-0.15, -0.1) is 11.6 Å². The van der Waals surface area contributed by atoms with Gasteiger partial charge in [0.15, 0.2) is 0 Å². The summed E-state index contributed by atoms with van der Waals surface area (Å²) in [6.07, 6.45) is -0.803. The number of nitrogens with one attached hydrogen (secondary N) is 1. The van der Waals surface area contributed by atoms with Crippen LogP contribution in [0.3, 0.4) is 0 Å². The van der Waals surface area contributed by atoms with Gasteiger partial charge >= 0.3 is 0 Å². The fourth-order valence-electron chi connectivity index (χ4n) is 2.33. The third kappa shape index (κ3) is 4.55. The van der Waals surface area contributed by atoms with E-state index in [2.05, 4.69) is 11.4 Å². The number of aliphatic hydroxyl groups excluding tert-OH is 1. The standard InChI is InChI=1S/C20H24NO2.W/c1-13-9-8-11-15(14(13)2)18(22)16-10-6-7-12-17(16)21-19(23)20(3,4)5;/h7-12,18,22H,1-5H3,(H,21,23);/q-1;. The molecule has 1 amide bonds. The number of amides is 1. The Morgan fingerprint density at radius 3 is 2.46 bits per heavy atom. The second-order valence-electron chi connectivity index (χ2n) is 6.91. The normalized spacial score (nSPS) is 12.2. The van der Waals surface area contributed by atoms with Gasteiger partial charge in [-0.25, -0.2) is 0 Å². The molecule has 0 spiro atoms. The quantitative estimate of drug-likeness (QED) is 0.630. The number of aliphatic hydroxyl groups is 1. The van der Waals surface area contributed by atoms with E-state index in [0.29, 0.717) is 11.3 Å². The summed E-state index contributed by atoms with van der Waals surface area (Å²) < 4.78 is 0. The molecule has 0 fully saturated rings. The summed E-state index contributed by atoms with van der Waals surface area (Å²) in [6, 6.07) is 14.1. The predicted octanol–water partition coefficient (Wildman–Crippen LogP) is 4.17. The van der Waals surface area contributed by atoms with Gasteiger partial charge in [-0.1, -0.05) is 44.7 Å². The van der Waals surface area contributed by atoms with Crippen LogP contribution in [0.15, 0.2) is 36.4 Å². The van der Waals surface area contributed by atoms with E-state index in [-0.39, 0.29) is 27.0 Å². The molecule has 1 atom stereocenters. The topological polar surface area (TPSA) is 49.3 Å². The van der Waals surface area contributed by atoms with Gasteiger partial charge in [-0.3, -0.25) is 4.79 Å². The van der Waals surface area contributed by atoms with Gasteiger partial charge in [-0.05, 0) is 30.5 Å². The Hall–Kier alpha value is -1.44. The minimum Gasteiger partial charge on any atom is -0.396 e. The summed E-state index contributed by atoms with van der Waals surface area (Å²) in [5.41, 5.74) is 3.80. The zero-order valence-corrected chi connectivity index (χ0v) is 17.7. The summed E-state index contributed by atoms with van der Waals surface area (Å²) in [6.45, 7) is 9.59. The molecule has 0 aliphatic heterocycles. The fourth-order valence-corrected chi connectivity index (χ4v) is 2.33. The van der Waals surface area contributed by atoms with E-state index >= 15 is 0 Å². The molecule has 0 aliphatic rings. The van der Waals surface area contributed by atoms with Gasteiger partial charge in [0.25, 0.3) is 0 Å². The monoisotopic (exact) mass is 494 g/mol. The minimum absolute atomic E-state index is 0. The molecule has 2 aromatic rings. The van der Waals surface area contributed by atoms with Crippen molar-refractivity contribution in [2.45, 2.75) is 40.7 Å². The molecular weight excluding hydrogens is 470 g/mol. The molecule has 2 aromatic carbocycles. The van der Waals surface area contributed by atoms with Gasteiger partial charge in [0.2, 0.25) is 5.91 Å². The van der Waals surface area contributed by atoms with Crippen LogP contribution in [0.5, 0.6) is 0 Å². The van der Waals surface area contributed by atoms with Crippen LogP contribution >= 0.6 is 0 Å². The van der Waals surface area contributed by atoms with Crippen molar-refractivity contribution in [1.82, 2.24) is 0 Å². The van der Waals surface area contributed by atoms with Crippen LogP contribution in [0.4, 0.5) is 5.69 Å². The Morgan fingerprint density at radius 2 is 1.83 bits per heavy atom. The van der Waals surface area contributed by atoms with Crippen LogP contribution in [-0.4, -0.2) is 11.0 Å².